The zero-order chi connectivity index (χ0) is 24.2. The van der Waals surface area contributed by atoms with Gasteiger partial charge in [0.05, 0.1) is 30.0 Å². The van der Waals surface area contributed by atoms with E-state index in [0.29, 0.717) is 29.8 Å². The Hall–Kier alpha value is -4.47. The molecule has 2 heterocycles. The highest BCUT2D eigenvalue weighted by Crippen LogP contribution is 2.40. The molecule has 0 spiro atoms. The molecule has 1 N–H and O–H groups in total. The number of benzene rings is 2. The van der Waals surface area contributed by atoms with Gasteiger partial charge in [0, 0.05) is 43.2 Å². The summed E-state index contributed by atoms with van der Waals surface area (Å²) in [5, 5.41) is 22.2. The second-order valence-corrected chi connectivity index (χ2v) is 7.73. The summed E-state index contributed by atoms with van der Waals surface area (Å²) in [4.78, 5) is 42.0. The molecule has 1 aliphatic heterocycles. The number of amides is 1. The lowest BCUT2D eigenvalue weighted by molar-refractivity contribution is -0.384. The lowest BCUT2D eigenvalue weighted by Gasteiger charge is -2.25. The number of aromatic nitrogens is 2. The van der Waals surface area contributed by atoms with Gasteiger partial charge in [0.25, 0.3) is 17.4 Å². The summed E-state index contributed by atoms with van der Waals surface area (Å²) >= 11 is 0. The number of carbonyl (C=O) groups excluding carboxylic acids is 2. The smallest absolute Gasteiger partial charge is 0.295 e. The van der Waals surface area contributed by atoms with Crippen LogP contribution in [-0.2, 0) is 16.1 Å². The van der Waals surface area contributed by atoms with Crippen molar-refractivity contribution in [1.29, 1.82) is 0 Å². The molecule has 0 bridgehead atoms. The van der Waals surface area contributed by atoms with Crippen molar-refractivity contribution >= 4 is 23.1 Å². The number of nitro groups is 1. The van der Waals surface area contributed by atoms with Gasteiger partial charge in [0.2, 0.25) is 0 Å². The van der Waals surface area contributed by atoms with Crippen LogP contribution in [0.25, 0.3) is 5.76 Å². The van der Waals surface area contributed by atoms with Crippen LogP contribution in [0.5, 0.6) is 5.75 Å². The molecular weight excluding hydrogens is 440 g/mol. The van der Waals surface area contributed by atoms with Crippen molar-refractivity contribution in [2.24, 2.45) is 0 Å². The van der Waals surface area contributed by atoms with E-state index in [1.165, 1.54) is 36.3 Å². The van der Waals surface area contributed by atoms with E-state index in [2.05, 4.69) is 4.98 Å². The van der Waals surface area contributed by atoms with Gasteiger partial charge in [-0.05, 0) is 36.2 Å². The van der Waals surface area contributed by atoms with Crippen molar-refractivity contribution in [3.05, 3.63) is 94.1 Å². The van der Waals surface area contributed by atoms with E-state index in [9.17, 15) is 24.8 Å². The molecule has 0 aliphatic carbocycles. The molecule has 2 aromatic carbocycles. The Morgan fingerprint density at radius 1 is 1.18 bits per heavy atom. The number of nitro benzene ring substituents is 1. The van der Waals surface area contributed by atoms with Gasteiger partial charge >= 0.3 is 0 Å². The van der Waals surface area contributed by atoms with E-state index in [1.54, 1.807) is 43.0 Å². The van der Waals surface area contributed by atoms with Crippen LogP contribution in [0.4, 0.5) is 5.69 Å². The second kappa shape index (κ2) is 9.57. The third-order valence-corrected chi connectivity index (χ3v) is 5.68. The van der Waals surface area contributed by atoms with Crippen LogP contribution < -0.4 is 4.74 Å². The lowest BCUT2D eigenvalue weighted by Crippen LogP contribution is -2.31. The molecule has 0 unspecified atom stereocenters. The summed E-state index contributed by atoms with van der Waals surface area (Å²) in [6, 6.07) is 11.3. The Balaban J connectivity index is 1.75. The van der Waals surface area contributed by atoms with E-state index in [4.69, 9.17) is 4.74 Å². The quantitative estimate of drug-likeness (QED) is 0.179. The molecule has 34 heavy (non-hydrogen) atoms. The fraction of sp³-hybridized carbons (Fsp3) is 0.208. The predicted molar refractivity (Wildman–Crippen MR) is 122 cm³/mol. The lowest BCUT2D eigenvalue weighted by atomic mass is 9.95. The van der Waals surface area contributed by atoms with E-state index < -0.39 is 22.7 Å². The van der Waals surface area contributed by atoms with Crippen molar-refractivity contribution in [3.8, 4) is 5.75 Å². The number of hydrogen-bond donors (Lipinski definition) is 1. The SMILES string of the molecule is COc1cccc(/C(O)=C2\C(=O)C(=O)N(CCCn3ccnc3)[C@@H]2c2ccc([N+](=O)[O-])cc2)c1. The Morgan fingerprint density at radius 3 is 2.59 bits per heavy atom. The molecule has 10 heteroatoms. The number of imidazole rings is 1. The first-order valence-corrected chi connectivity index (χ1v) is 10.5. The minimum atomic E-state index is -0.894. The Labute approximate surface area is 194 Å². The van der Waals surface area contributed by atoms with Crippen LogP contribution in [0.15, 0.2) is 72.8 Å². The summed E-state index contributed by atoms with van der Waals surface area (Å²) in [6.07, 6.45) is 5.64. The third kappa shape index (κ3) is 4.38. The zero-order valence-corrected chi connectivity index (χ0v) is 18.3. The van der Waals surface area contributed by atoms with Crippen molar-refractivity contribution in [1.82, 2.24) is 14.5 Å². The van der Waals surface area contributed by atoms with Gasteiger partial charge in [0.1, 0.15) is 11.5 Å². The highest BCUT2D eigenvalue weighted by atomic mass is 16.6. The number of aliphatic hydroxyl groups excluding tert-OH is 1. The summed E-state index contributed by atoms with van der Waals surface area (Å²) < 4.78 is 7.06. The first-order valence-electron chi connectivity index (χ1n) is 10.5. The number of rotatable bonds is 8. The number of likely N-dealkylation sites (tertiary alicyclic amines) is 1. The summed E-state index contributed by atoms with van der Waals surface area (Å²) in [7, 11) is 1.48. The molecule has 1 fully saturated rings. The first kappa shape index (κ1) is 22.7. The van der Waals surface area contributed by atoms with Crippen molar-refractivity contribution in [3.63, 3.8) is 0 Å². The van der Waals surface area contributed by atoms with Gasteiger partial charge in [-0.15, -0.1) is 0 Å². The van der Waals surface area contributed by atoms with Crippen LogP contribution in [-0.4, -0.2) is 49.8 Å². The van der Waals surface area contributed by atoms with Crippen LogP contribution >= 0.6 is 0 Å². The highest BCUT2D eigenvalue weighted by Gasteiger charge is 2.45. The predicted octanol–water partition coefficient (Wildman–Crippen LogP) is 3.31. The molecule has 174 valence electrons. The van der Waals surface area contributed by atoms with Crippen LogP contribution in [0.1, 0.15) is 23.6 Å². The molecule has 1 saturated heterocycles. The van der Waals surface area contributed by atoms with Crippen molar-refractivity contribution in [2.75, 3.05) is 13.7 Å². The molecule has 1 aromatic heterocycles. The maximum Gasteiger partial charge on any atom is 0.295 e. The van der Waals surface area contributed by atoms with Gasteiger partial charge in [-0.25, -0.2) is 4.98 Å². The molecular formula is C24H22N4O6. The fourth-order valence-corrected chi connectivity index (χ4v) is 4.00. The molecule has 4 rings (SSSR count). The summed E-state index contributed by atoms with van der Waals surface area (Å²) in [5.41, 5.74) is 0.614. The topological polar surface area (TPSA) is 128 Å². The third-order valence-electron chi connectivity index (χ3n) is 5.68. The second-order valence-electron chi connectivity index (χ2n) is 7.73. The average molecular weight is 462 g/mol. The van der Waals surface area contributed by atoms with E-state index in [-0.39, 0.29) is 23.6 Å². The maximum absolute atomic E-state index is 13.1. The van der Waals surface area contributed by atoms with Gasteiger partial charge in [0.15, 0.2) is 0 Å². The van der Waals surface area contributed by atoms with Crippen LogP contribution in [0.2, 0.25) is 0 Å². The number of aliphatic hydroxyl groups is 1. The normalized spacial score (nSPS) is 17.2. The Morgan fingerprint density at radius 2 is 1.94 bits per heavy atom. The summed E-state index contributed by atoms with van der Waals surface area (Å²) in [6.45, 7) is 0.811. The minimum Gasteiger partial charge on any atom is -0.507 e. The van der Waals surface area contributed by atoms with Gasteiger partial charge in [-0.1, -0.05) is 12.1 Å². The van der Waals surface area contributed by atoms with Gasteiger partial charge in [-0.3, -0.25) is 19.7 Å². The number of Topliss-reactive ketones (excluding diaryl/α,β-unsaturated/α-hetero) is 1. The van der Waals surface area contributed by atoms with Crippen LogP contribution in [0, 0.1) is 10.1 Å². The van der Waals surface area contributed by atoms with Gasteiger partial charge in [-0.2, -0.15) is 0 Å². The molecule has 1 amide bonds. The molecule has 1 aliphatic rings. The van der Waals surface area contributed by atoms with Crippen molar-refractivity contribution < 1.29 is 24.4 Å². The number of aryl methyl sites for hydroxylation is 1. The monoisotopic (exact) mass is 462 g/mol. The number of ketones is 1. The molecule has 10 nitrogen and oxygen atoms in total. The van der Waals surface area contributed by atoms with Crippen molar-refractivity contribution in [2.45, 2.75) is 19.0 Å². The molecule has 1 atom stereocenters. The average Bonchev–Trinajstić information content (AvgIpc) is 3.46. The Kier molecular flexibility index (Phi) is 6.39. The summed E-state index contributed by atoms with van der Waals surface area (Å²) in [5.74, 6) is -1.41. The molecule has 0 radical (unpaired) electrons. The largest absolute Gasteiger partial charge is 0.507 e. The Bertz CT molecular complexity index is 1250. The fourth-order valence-electron chi connectivity index (χ4n) is 4.00. The number of nitrogens with zero attached hydrogens (tertiary/aromatic N) is 4. The number of ether oxygens (including phenoxy) is 1. The number of non-ortho nitro benzene ring substituents is 1. The number of methoxy groups -OCH3 is 1. The van der Waals surface area contributed by atoms with Gasteiger partial charge < -0.3 is 19.3 Å². The highest BCUT2D eigenvalue weighted by molar-refractivity contribution is 6.46. The molecule has 0 saturated carbocycles. The van der Waals surface area contributed by atoms with E-state index in [1.807, 2.05) is 4.57 Å². The molecule has 3 aromatic rings. The number of hydrogen-bond acceptors (Lipinski definition) is 7. The van der Waals surface area contributed by atoms with E-state index in [0.717, 1.165) is 0 Å². The van der Waals surface area contributed by atoms with E-state index >= 15 is 0 Å². The maximum atomic E-state index is 13.1. The number of carbonyl (C=O) groups is 2. The zero-order valence-electron chi connectivity index (χ0n) is 18.3. The minimum absolute atomic E-state index is 0.0743. The first-order chi connectivity index (χ1) is 16.4. The van der Waals surface area contributed by atoms with Crippen LogP contribution in [0.3, 0.4) is 0 Å². The standard InChI is InChI=1S/C24H22N4O6/c1-34-19-5-2-4-17(14-19)22(29)20-21(16-6-8-18(9-7-16)28(32)33)27(24(31)23(20)30)12-3-11-26-13-10-25-15-26/h2,4-10,13-15,21,29H,3,11-12H2,1H3/b22-20+/t21-/m1/s1.